The molecule has 0 spiro atoms. The van der Waals surface area contributed by atoms with Gasteiger partial charge in [0.05, 0.1) is 0 Å². The van der Waals surface area contributed by atoms with Crippen LogP contribution in [-0.2, 0) is 0 Å². The van der Waals surface area contributed by atoms with Gasteiger partial charge in [0.2, 0.25) is 0 Å². The lowest BCUT2D eigenvalue weighted by Crippen LogP contribution is -2.23. The highest BCUT2D eigenvalue weighted by molar-refractivity contribution is 5.22. The Bertz CT molecular complexity index is 250. The van der Waals surface area contributed by atoms with E-state index in [2.05, 4.69) is 0 Å². The van der Waals surface area contributed by atoms with E-state index in [4.69, 9.17) is 10.5 Å². The summed E-state index contributed by atoms with van der Waals surface area (Å²) in [6.45, 7) is 2.24. The van der Waals surface area contributed by atoms with Crippen LogP contribution in [0, 0.1) is 5.82 Å². The molecule has 0 unspecified atom stereocenters. The second-order valence-electron chi connectivity index (χ2n) is 2.75. The molecule has 0 saturated carbocycles. The molecule has 1 aromatic carbocycles. The number of benzene rings is 1. The zero-order chi connectivity index (χ0) is 8.97. The summed E-state index contributed by atoms with van der Waals surface area (Å²) in [5.41, 5.74) is 5.46. The third kappa shape index (κ3) is 2.88. The molecule has 0 aliphatic carbocycles. The van der Waals surface area contributed by atoms with Gasteiger partial charge in [0.15, 0.2) is 0 Å². The zero-order valence-electron chi connectivity index (χ0n) is 6.96. The molecule has 3 heteroatoms. The molecular formula is C9H12FNO. The standard InChI is InChI=1S/C9H12FNO/c1-7(11)6-12-9-4-2-3-8(10)5-9/h2-5,7H,6,11H2,1H3/t7-/m0/s1. The summed E-state index contributed by atoms with van der Waals surface area (Å²) in [4.78, 5) is 0. The first-order valence-electron chi connectivity index (χ1n) is 3.82. The van der Waals surface area contributed by atoms with Crippen molar-refractivity contribution in [1.82, 2.24) is 0 Å². The minimum absolute atomic E-state index is 0.0340. The fourth-order valence-corrected chi connectivity index (χ4v) is 0.784. The van der Waals surface area contributed by atoms with Gasteiger partial charge in [-0.3, -0.25) is 0 Å². The molecule has 0 aromatic heterocycles. The van der Waals surface area contributed by atoms with Crippen LogP contribution in [0.3, 0.4) is 0 Å². The van der Waals surface area contributed by atoms with Crippen LogP contribution in [0.2, 0.25) is 0 Å². The topological polar surface area (TPSA) is 35.2 Å². The first-order chi connectivity index (χ1) is 5.68. The largest absolute Gasteiger partial charge is 0.492 e. The lowest BCUT2D eigenvalue weighted by Gasteiger charge is -2.07. The van der Waals surface area contributed by atoms with Crippen molar-refractivity contribution in [2.75, 3.05) is 6.61 Å². The highest BCUT2D eigenvalue weighted by Crippen LogP contribution is 2.11. The zero-order valence-corrected chi connectivity index (χ0v) is 6.96. The number of halogens is 1. The second-order valence-corrected chi connectivity index (χ2v) is 2.75. The molecule has 0 bridgehead atoms. The van der Waals surface area contributed by atoms with Crippen LogP contribution in [-0.4, -0.2) is 12.6 Å². The Morgan fingerprint density at radius 3 is 2.92 bits per heavy atom. The highest BCUT2D eigenvalue weighted by Gasteiger charge is 1.97. The smallest absolute Gasteiger partial charge is 0.126 e. The lowest BCUT2D eigenvalue weighted by atomic mass is 10.3. The van der Waals surface area contributed by atoms with Crippen LogP contribution in [0.5, 0.6) is 5.75 Å². The van der Waals surface area contributed by atoms with E-state index in [1.165, 1.54) is 12.1 Å². The van der Waals surface area contributed by atoms with Gasteiger partial charge in [-0.2, -0.15) is 0 Å². The molecule has 2 nitrogen and oxygen atoms in total. The van der Waals surface area contributed by atoms with E-state index < -0.39 is 0 Å². The number of rotatable bonds is 3. The third-order valence-corrected chi connectivity index (χ3v) is 1.31. The fraction of sp³-hybridized carbons (Fsp3) is 0.333. The fourth-order valence-electron chi connectivity index (χ4n) is 0.784. The van der Waals surface area contributed by atoms with Gasteiger partial charge in [0.1, 0.15) is 18.2 Å². The normalized spacial score (nSPS) is 12.6. The average molecular weight is 169 g/mol. The van der Waals surface area contributed by atoms with Crippen LogP contribution in [0.4, 0.5) is 4.39 Å². The van der Waals surface area contributed by atoms with Gasteiger partial charge in [0.25, 0.3) is 0 Å². The molecule has 0 saturated heterocycles. The van der Waals surface area contributed by atoms with Crippen LogP contribution < -0.4 is 10.5 Å². The lowest BCUT2D eigenvalue weighted by molar-refractivity contribution is 0.295. The van der Waals surface area contributed by atoms with E-state index in [9.17, 15) is 4.39 Å². The first kappa shape index (κ1) is 9.00. The summed E-state index contributed by atoms with van der Waals surface area (Å²) >= 11 is 0. The quantitative estimate of drug-likeness (QED) is 0.745. The molecule has 0 aliphatic heterocycles. The van der Waals surface area contributed by atoms with Crippen molar-refractivity contribution in [2.45, 2.75) is 13.0 Å². The molecule has 1 atom stereocenters. The van der Waals surface area contributed by atoms with Crippen LogP contribution in [0.1, 0.15) is 6.92 Å². The number of ether oxygens (including phenoxy) is 1. The average Bonchev–Trinajstić information content (AvgIpc) is 2.01. The molecule has 12 heavy (non-hydrogen) atoms. The molecule has 66 valence electrons. The molecular weight excluding hydrogens is 157 g/mol. The van der Waals surface area contributed by atoms with E-state index in [1.807, 2.05) is 6.92 Å². The van der Waals surface area contributed by atoms with Gasteiger partial charge in [-0.25, -0.2) is 4.39 Å². The Balaban J connectivity index is 2.52. The second kappa shape index (κ2) is 4.07. The molecule has 2 N–H and O–H groups in total. The summed E-state index contributed by atoms with van der Waals surface area (Å²) < 4.78 is 17.8. The maximum Gasteiger partial charge on any atom is 0.126 e. The SMILES string of the molecule is C[C@H](N)COc1cccc(F)c1. The Kier molecular flexibility index (Phi) is 3.05. The van der Waals surface area contributed by atoms with Crippen molar-refractivity contribution < 1.29 is 9.13 Å². The van der Waals surface area contributed by atoms with E-state index in [0.717, 1.165) is 0 Å². The predicted octanol–water partition coefficient (Wildman–Crippen LogP) is 1.55. The van der Waals surface area contributed by atoms with Gasteiger partial charge in [-0.15, -0.1) is 0 Å². The maximum atomic E-state index is 12.6. The molecule has 1 aromatic rings. The highest BCUT2D eigenvalue weighted by atomic mass is 19.1. The van der Waals surface area contributed by atoms with Crippen LogP contribution >= 0.6 is 0 Å². The molecule has 0 radical (unpaired) electrons. The summed E-state index contributed by atoms with van der Waals surface area (Å²) in [6.07, 6.45) is 0. The summed E-state index contributed by atoms with van der Waals surface area (Å²) in [5.74, 6) is 0.226. The van der Waals surface area contributed by atoms with E-state index in [0.29, 0.717) is 12.4 Å². The van der Waals surface area contributed by atoms with Crippen LogP contribution in [0.15, 0.2) is 24.3 Å². The van der Waals surface area contributed by atoms with Crippen molar-refractivity contribution in [3.8, 4) is 5.75 Å². The summed E-state index contributed by atoms with van der Waals surface area (Å²) in [5, 5.41) is 0. The van der Waals surface area contributed by atoms with Crippen molar-refractivity contribution >= 4 is 0 Å². The molecule has 0 aliphatic rings. The van der Waals surface area contributed by atoms with Gasteiger partial charge >= 0.3 is 0 Å². The van der Waals surface area contributed by atoms with Gasteiger partial charge in [0, 0.05) is 12.1 Å². The van der Waals surface area contributed by atoms with Gasteiger partial charge in [-0.05, 0) is 19.1 Å². The predicted molar refractivity (Wildman–Crippen MR) is 45.5 cm³/mol. The Hall–Kier alpha value is -1.09. The molecule has 0 fully saturated rings. The monoisotopic (exact) mass is 169 g/mol. The first-order valence-corrected chi connectivity index (χ1v) is 3.82. The number of nitrogens with two attached hydrogens (primary N) is 1. The molecule has 0 amide bonds. The molecule has 0 heterocycles. The van der Waals surface area contributed by atoms with Crippen molar-refractivity contribution in [3.05, 3.63) is 30.1 Å². The summed E-state index contributed by atoms with van der Waals surface area (Å²) in [6, 6.07) is 5.98. The van der Waals surface area contributed by atoms with Gasteiger partial charge < -0.3 is 10.5 Å². The summed E-state index contributed by atoms with van der Waals surface area (Å²) in [7, 11) is 0. The third-order valence-electron chi connectivity index (χ3n) is 1.31. The minimum atomic E-state index is -0.294. The maximum absolute atomic E-state index is 12.6. The van der Waals surface area contributed by atoms with Crippen molar-refractivity contribution in [3.63, 3.8) is 0 Å². The molecule has 1 rings (SSSR count). The minimum Gasteiger partial charge on any atom is -0.492 e. The number of hydrogen-bond donors (Lipinski definition) is 1. The number of hydrogen-bond acceptors (Lipinski definition) is 2. The van der Waals surface area contributed by atoms with Crippen molar-refractivity contribution in [2.24, 2.45) is 5.73 Å². The van der Waals surface area contributed by atoms with E-state index >= 15 is 0 Å². The van der Waals surface area contributed by atoms with E-state index in [-0.39, 0.29) is 11.9 Å². The van der Waals surface area contributed by atoms with E-state index in [1.54, 1.807) is 12.1 Å². The van der Waals surface area contributed by atoms with Crippen LogP contribution in [0.25, 0.3) is 0 Å². The Morgan fingerprint density at radius 1 is 1.58 bits per heavy atom. The Morgan fingerprint density at radius 2 is 2.33 bits per heavy atom. The van der Waals surface area contributed by atoms with Crippen molar-refractivity contribution in [1.29, 1.82) is 0 Å². The van der Waals surface area contributed by atoms with Gasteiger partial charge in [-0.1, -0.05) is 6.07 Å². The Labute approximate surface area is 71.1 Å².